The fourth-order valence-electron chi connectivity index (χ4n) is 5.00. The van der Waals surface area contributed by atoms with E-state index in [0.29, 0.717) is 23.4 Å². The van der Waals surface area contributed by atoms with Crippen molar-refractivity contribution in [1.82, 2.24) is 9.80 Å². The van der Waals surface area contributed by atoms with Gasteiger partial charge in [-0.1, -0.05) is 36.6 Å². The number of nitrogens with zero attached hydrogens (tertiary/aromatic N) is 2. The van der Waals surface area contributed by atoms with Gasteiger partial charge in [0.2, 0.25) is 0 Å². The third-order valence-corrected chi connectivity index (χ3v) is 7.69. The SMILES string of the molecule is COc1cccc([C@@](O)(C(=O)N2CCC(CCC[C@@H](C)Nc3ccc(C(=O)N(C)C)c(Cl)c3)CC2)C(F)(F)F)c1. The fourth-order valence-corrected chi connectivity index (χ4v) is 5.26. The molecule has 2 aromatic rings. The van der Waals surface area contributed by atoms with E-state index in [1.165, 1.54) is 24.1 Å². The van der Waals surface area contributed by atoms with E-state index in [9.17, 15) is 27.9 Å². The molecule has 220 valence electrons. The number of hydrogen-bond acceptors (Lipinski definition) is 5. The van der Waals surface area contributed by atoms with Crippen molar-refractivity contribution in [2.75, 3.05) is 39.6 Å². The smallest absolute Gasteiger partial charge is 0.430 e. The molecule has 7 nitrogen and oxygen atoms in total. The van der Waals surface area contributed by atoms with Gasteiger partial charge in [-0.25, -0.2) is 0 Å². The summed E-state index contributed by atoms with van der Waals surface area (Å²) in [4.78, 5) is 27.8. The van der Waals surface area contributed by atoms with Crippen LogP contribution in [0.15, 0.2) is 42.5 Å². The van der Waals surface area contributed by atoms with Crippen LogP contribution in [0.25, 0.3) is 0 Å². The largest absolute Gasteiger partial charge is 0.497 e. The first-order chi connectivity index (χ1) is 18.8. The molecule has 0 spiro atoms. The summed E-state index contributed by atoms with van der Waals surface area (Å²) >= 11 is 6.29. The minimum atomic E-state index is -5.19. The Hall–Kier alpha value is -2.98. The van der Waals surface area contributed by atoms with Gasteiger partial charge in [-0.05, 0) is 62.4 Å². The summed E-state index contributed by atoms with van der Waals surface area (Å²) in [5.41, 5.74) is -2.95. The second-order valence-corrected chi connectivity index (χ2v) is 11.0. The van der Waals surface area contributed by atoms with Crippen LogP contribution in [0.4, 0.5) is 18.9 Å². The maximum absolute atomic E-state index is 14.0. The van der Waals surface area contributed by atoms with Gasteiger partial charge < -0.3 is 25.0 Å². The summed E-state index contributed by atoms with van der Waals surface area (Å²) in [7, 11) is 4.64. The number of piperidine rings is 1. The Bertz CT molecular complexity index is 1190. The summed E-state index contributed by atoms with van der Waals surface area (Å²) in [5, 5.41) is 14.5. The Labute approximate surface area is 238 Å². The van der Waals surface area contributed by atoms with Crippen molar-refractivity contribution in [2.45, 2.75) is 56.8 Å². The van der Waals surface area contributed by atoms with Crippen LogP contribution in [0.1, 0.15) is 54.9 Å². The molecule has 2 aromatic carbocycles. The third-order valence-electron chi connectivity index (χ3n) is 7.38. The summed E-state index contributed by atoms with van der Waals surface area (Å²) in [6.45, 7) is 2.34. The second-order valence-electron chi connectivity index (χ2n) is 10.5. The lowest BCUT2D eigenvalue weighted by molar-refractivity contribution is -0.262. The van der Waals surface area contributed by atoms with Crippen LogP contribution in [0, 0.1) is 5.92 Å². The number of methoxy groups -OCH3 is 1. The average molecular weight is 584 g/mol. The van der Waals surface area contributed by atoms with Crippen molar-refractivity contribution in [3.63, 3.8) is 0 Å². The quantitative estimate of drug-likeness (QED) is 0.374. The number of benzene rings is 2. The standard InChI is InChI=1S/C29H37ClF3N3O4/c1-19(34-22-11-12-24(25(30)18-22)26(37)35(2)3)7-5-8-20-13-15-36(16-14-20)27(38)28(39,29(31,32)33)21-9-6-10-23(17-21)40-4/h6,9-12,17-20,34,39H,5,7-8,13-16H2,1-4H3/t19-,28-/m1/s1. The van der Waals surface area contributed by atoms with Gasteiger partial charge in [0, 0.05) is 44.5 Å². The number of rotatable bonds is 10. The molecular weight excluding hydrogens is 547 g/mol. The van der Waals surface area contributed by atoms with E-state index in [1.54, 1.807) is 26.2 Å². The highest BCUT2D eigenvalue weighted by molar-refractivity contribution is 6.34. The van der Waals surface area contributed by atoms with E-state index in [1.807, 2.05) is 13.0 Å². The van der Waals surface area contributed by atoms with E-state index >= 15 is 0 Å². The predicted molar refractivity (Wildman–Crippen MR) is 149 cm³/mol. The molecule has 0 saturated carbocycles. The molecule has 40 heavy (non-hydrogen) atoms. The van der Waals surface area contributed by atoms with Gasteiger partial charge in [0.05, 0.1) is 17.7 Å². The molecular formula is C29H37ClF3N3O4. The third kappa shape index (κ3) is 7.20. The molecule has 1 aliphatic heterocycles. The number of ether oxygens (including phenoxy) is 1. The molecule has 0 bridgehead atoms. The minimum Gasteiger partial charge on any atom is -0.497 e. The number of anilines is 1. The Morgan fingerprint density at radius 1 is 1.18 bits per heavy atom. The highest BCUT2D eigenvalue weighted by Gasteiger charge is 2.62. The zero-order chi connectivity index (χ0) is 29.7. The summed E-state index contributed by atoms with van der Waals surface area (Å²) < 4.78 is 47.1. The normalized spacial score (nSPS) is 16.7. The molecule has 11 heteroatoms. The molecule has 1 aliphatic rings. The molecule has 3 rings (SSSR count). The van der Waals surface area contributed by atoms with E-state index in [2.05, 4.69) is 5.32 Å². The zero-order valence-corrected chi connectivity index (χ0v) is 24.0. The number of alkyl halides is 3. The maximum Gasteiger partial charge on any atom is 0.430 e. The fraction of sp³-hybridized carbons (Fsp3) is 0.517. The second kappa shape index (κ2) is 13.1. The van der Waals surface area contributed by atoms with Gasteiger partial charge in [-0.2, -0.15) is 13.2 Å². The van der Waals surface area contributed by atoms with Crippen LogP contribution in [0.5, 0.6) is 5.75 Å². The highest BCUT2D eigenvalue weighted by Crippen LogP contribution is 2.42. The Morgan fingerprint density at radius 3 is 2.42 bits per heavy atom. The van der Waals surface area contributed by atoms with Crippen molar-refractivity contribution >= 4 is 29.1 Å². The van der Waals surface area contributed by atoms with Crippen molar-refractivity contribution in [3.05, 3.63) is 58.6 Å². The summed E-state index contributed by atoms with van der Waals surface area (Å²) in [6, 6.07) is 10.3. The Balaban J connectivity index is 1.51. The number of amides is 2. The molecule has 0 aliphatic carbocycles. The average Bonchev–Trinajstić information content (AvgIpc) is 2.91. The van der Waals surface area contributed by atoms with E-state index in [0.717, 1.165) is 42.0 Å². The molecule has 2 N–H and O–H groups in total. The highest BCUT2D eigenvalue weighted by atomic mass is 35.5. The van der Waals surface area contributed by atoms with Crippen molar-refractivity contribution in [2.24, 2.45) is 5.92 Å². The van der Waals surface area contributed by atoms with Crippen LogP contribution < -0.4 is 10.1 Å². The predicted octanol–water partition coefficient (Wildman–Crippen LogP) is 5.71. The van der Waals surface area contributed by atoms with Gasteiger partial charge in [-0.3, -0.25) is 9.59 Å². The first kappa shape index (κ1) is 31.5. The number of likely N-dealkylation sites (tertiary alicyclic amines) is 1. The van der Waals surface area contributed by atoms with E-state index in [4.69, 9.17) is 16.3 Å². The Kier molecular flexibility index (Phi) is 10.3. The molecule has 2 amide bonds. The first-order valence-corrected chi connectivity index (χ1v) is 13.7. The van der Waals surface area contributed by atoms with Crippen LogP contribution in [-0.4, -0.2) is 73.2 Å². The van der Waals surface area contributed by atoms with E-state index in [-0.39, 0.29) is 36.7 Å². The number of halogens is 4. The van der Waals surface area contributed by atoms with Gasteiger partial charge in [-0.15, -0.1) is 0 Å². The molecule has 2 atom stereocenters. The van der Waals surface area contributed by atoms with Crippen molar-refractivity contribution < 1.29 is 32.6 Å². The lowest BCUT2D eigenvalue weighted by Crippen LogP contribution is -2.57. The van der Waals surface area contributed by atoms with Gasteiger partial charge in [0.15, 0.2) is 0 Å². The number of nitrogens with one attached hydrogen (secondary N) is 1. The van der Waals surface area contributed by atoms with Gasteiger partial charge >= 0.3 is 6.18 Å². The number of hydrogen-bond donors (Lipinski definition) is 2. The number of aliphatic hydroxyl groups is 1. The molecule has 0 radical (unpaired) electrons. The topological polar surface area (TPSA) is 82.1 Å². The van der Waals surface area contributed by atoms with E-state index < -0.39 is 23.2 Å². The molecule has 0 unspecified atom stereocenters. The minimum absolute atomic E-state index is 0.120. The van der Waals surface area contributed by atoms with Gasteiger partial charge in [0.1, 0.15) is 5.75 Å². The number of carbonyl (C=O) groups is 2. The number of carbonyl (C=O) groups excluding carboxylic acids is 2. The Morgan fingerprint density at radius 2 is 1.85 bits per heavy atom. The van der Waals surface area contributed by atoms with Crippen molar-refractivity contribution in [1.29, 1.82) is 0 Å². The molecule has 1 saturated heterocycles. The lowest BCUT2D eigenvalue weighted by atomic mass is 9.87. The summed E-state index contributed by atoms with van der Waals surface area (Å²) in [5.74, 6) is -1.13. The first-order valence-electron chi connectivity index (χ1n) is 13.3. The maximum atomic E-state index is 14.0. The molecule has 0 aromatic heterocycles. The molecule has 1 heterocycles. The lowest BCUT2D eigenvalue weighted by Gasteiger charge is -2.38. The van der Waals surface area contributed by atoms with Gasteiger partial charge in [0.25, 0.3) is 17.4 Å². The van der Waals surface area contributed by atoms with Crippen LogP contribution in [0.2, 0.25) is 5.02 Å². The van der Waals surface area contributed by atoms with Crippen LogP contribution in [-0.2, 0) is 10.4 Å². The van der Waals surface area contributed by atoms with Crippen molar-refractivity contribution in [3.8, 4) is 5.75 Å². The van der Waals surface area contributed by atoms with Crippen LogP contribution in [0.3, 0.4) is 0 Å². The van der Waals surface area contributed by atoms with Crippen LogP contribution >= 0.6 is 11.6 Å². The molecule has 1 fully saturated rings. The summed E-state index contributed by atoms with van der Waals surface area (Å²) in [6.07, 6.45) is -1.42. The zero-order valence-electron chi connectivity index (χ0n) is 23.2. The monoisotopic (exact) mass is 583 g/mol.